The van der Waals surface area contributed by atoms with Gasteiger partial charge >= 0.3 is 5.97 Å². The molecule has 0 spiro atoms. The van der Waals surface area contributed by atoms with Crippen LogP contribution in [0.1, 0.15) is 38.4 Å². The summed E-state index contributed by atoms with van der Waals surface area (Å²) < 4.78 is 5.39. The van der Waals surface area contributed by atoms with Crippen molar-refractivity contribution in [3.05, 3.63) is 48.0 Å². The van der Waals surface area contributed by atoms with E-state index in [1.807, 2.05) is 32.0 Å². The molecule has 0 radical (unpaired) electrons. The molecule has 2 nitrogen and oxygen atoms in total. The topological polar surface area (TPSA) is 26.3 Å². The summed E-state index contributed by atoms with van der Waals surface area (Å²) in [5.74, 6) is -0.127. The number of hydrogen-bond donors (Lipinski definition) is 0. The molecule has 0 aliphatic rings. The molecule has 0 N–H and O–H groups in total. The van der Waals surface area contributed by atoms with E-state index in [0.717, 1.165) is 12.0 Å². The number of carbonyl (C=O) groups is 1. The molecule has 0 aliphatic carbocycles. The van der Waals surface area contributed by atoms with E-state index in [1.54, 1.807) is 0 Å². The molecule has 0 aliphatic heterocycles. The fourth-order valence-corrected chi connectivity index (χ4v) is 1.99. The molecule has 94 valence electrons. The fourth-order valence-electron chi connectivity index (χ4n) is 1.99. The van der Waals surface area contributed by atoms with Crippen LogP contribution in [0.4, 0.5) is 0 Å². The molecule has 0 saturated carbocycles. The third kappa shape index (κ3) is 2.89. The van der Waals surface area contributed by atoms with Crippen molar-refractivity contribution in [2.45, 2.75) is 32.8 Å². The largest absolute Gasteiger partial charge is 0.458 e. The molecule has 2 heteroatoms. The highest BCUT2D eigenvalue weighted by Crippen LogP contribution is 2.22. The van der Waals surface area contributed by atoms with Gasteiger partial charge in [-0.15, -0.1) is 0 Å². The monoisotopic (exact) mass is 242 g/mol. The van der Waals surface area contributed by atoms with Crippen LogP contribution < -0.4 is 0 Å². The Labute approximate surface area is 108 Å². The normalized spacial score (nSPS) is 12.3. The highest BCUT2D eigenvalue weighted by Gasteiger charge is 2.11. The number of ether oxygens (including phenoxy) is 1. The number of esters is 1. The Morgan fingerprint density at radius 1 is 1.17 bits per heavy atom. The van der Waals surface area contributed by atoms with E-state index in [2.05, 4.69) is 24.3 Å². The summed E-state index contributed by atoms with van der Waals surface area (Å²) in [7, 11) is 0. The average Bonchev–Trinajstić information content (AvgIpc) is 2.38. The maximum Gasteiger partial charge on any atom is 0.306 e. The van der Waals surface area contributed by atoms with Crippen molar-refractivity contribution in [1.82, 2.24) is 0 Å². The number of fused-ring (bicyclic) bond motifs is 1. The standard InChI is InChI=1S/C16H18O2/c1-3-6-16(17)18-12(2)14-10-9-13-7-4-5-8-15(13)11-14/h4-5,7-12H,3,6H2,1-2H3/t12-/m0/s1. The van der Waals surface area contributed by atoms with Crippen LogP contribution in [-0.2, 0) is 9.53 Å². The van der Waals surface area contributed by atoms with Crippen molar-refractivity contribution in [2.24, 2.45) is 0 Å². The molecular weight excluding hydrogens is 224 g/mol. The lowest BCUT2D eigenvalue weighted by atomic mass is 10.0. The number of carbonyl (C=O) groups excluding carboxylic acids is 1. The number of benzene rings is 2. The third-order valence-corrected chi connectivity index (χ3v) is 3.01. The first-order chi connectivity index (χ1) is 8.70. The Balaban J connectivity index is 2.17. The van der Waals surface area contributed by atoms with Crippen molar-refractivity contribution in [3.8, 4) is 0 Å². The van der Waals surface area contributed by atoms with E-state index in [0.29, 0.717) is 6.42 Å². The molecule has 0 aromatic heterocycles. The number of hydrogen-bond acceptors (Lipinski definition) is 2. The van der Waals surface area contributed by atoms with Gasteiger partial charge in [0.2, 0.25) is 0 Å². The lowest BCUT2D eigenvalue weighted by molar-refractivity contribution is -0.148. The zero-order valence-electron chi connectivity index (χ0n) is 10.8. The molecule has 0 heterocycles. The Hall–Kier alpha value is -1.83. The highest BCUT2D eigenvalue weighted by atomic mass is 16.5. The summed E-state index contributed by atoms with van der Waals surface area (Å²) in [6.45, 7) is 3.89. The van der Waals surface area contributed by atoms with Gasteiger partial charge in [0.15, 0.2) is 0 Å². The van der Waals surface area contributed by atoms with Gasteiger partial charge in [-0.05, 0) is 35.7 Å². The van der Waals surface area contributed by atoms with Crippen molar-refractivity contribution in [3.63, 3.8) is 0 Å². The summed E-state index contributed by atoms with van der Waals surface area (Å²) in [6, 6.07) is 14.3. The van der Waals surface area contributed by atoms with Gasteiger partial charge in [-0.3, -0.25) is 4.79 Å². The molecule has 2 rings (SSSR count). The predicted octanol–water partition coefficient (Wildman–Crippen LogP) is 4.24. The van der Waals surface area contributed by atoms with Gasteiger partial charge < -0.3 is 4.74 Å². The second-order valence-electron chi connectivity index (χ2n) is 4.49. The van der Waals surface area contributed by atoms with Gasteiger partial charge in [-0.25, -0.2) is 0 Å². The molecule has 0 unspecified atom stereocenters. The molecule has 1 atom stereocenters. The molecule has 2 aromatic carbocycles. The van der Waals surface area contributed by atoms with Crippen LogP contribution in [0.3, 0.4) is 0 Å². The Bertz CT molecular complexity index is 546. The molecule has 0 amide bonds. The zero-order valence-corrected chi connectivity index (χ0v) is 10.8. The maximum atomic E-state index is 11.5. The summed E-state index contributed by atoms with van der Waals surface area (Å²) in [5, 5.41) is 2.38. The van der Waals surface area contributed by atoms with Crippen LogP contribution in [0, 0.1) is 0 Å². The van der Waals surface area contributed by atoms with Crippen molar-refractivity contribution in [2.75, 3.05) is 0 Å². The van der Waals surface area contributed by atoms with Crippen LogP contribution in [-0.4, -0.2) is 5.97 Å². The van der Waals surface area contributed by atoms with Gasteiger partial charge in [0.25, 0.3) is 0 Å². The SMILES string of the molecule is CCCC(=O)O[C@@H](C)c1ccc2ccccc2c1. The molecule has 18 heavy (non-hydrogen) atoms. The minimum absolute atomic E-state index is 0.127. The molecule has 0 fully saturated rings. The second-order valence-corrected chi connectivity index (χ2v) is 4.49. The average molecular weight is 242 g/mol. The lowest BCUT2D eigenvalue weighted by Crippen LogP contribution is -2.08. The van der Waals surface area contributed by atoms with Crippen LogP contribution in [0.5, 0.6) is 0 Å². The van der Waals surface area contributed by atoms with E-state index >= 15 is 0 Å². The molecule has 0 bridgehead atoms. The highest BCUT2D eigenvalue weighted by molar-refractivity contribution is 5.83. The van der Waals surface area contributed by atoms with Crippen LogP contribution in [0.25, 0.3) is 10.8 Å². The summed E-state index contributed by atoms with van der Waals surface area (Å²) >= 11 is 0. The minimum Gasteiger partial charge on any atom is -0.458 e. The molecule has 0 saturated heterocycles. The smallest absolute Gasteiger partial charge is 0.306 e. The van der Waals surface area contributed by atoms with Crippen LogP contribution in [0.2, 0.25) is 0 Å². The fraction of sp³-hybridized carbons (Fsp3) is 0.312. The molecular formula is C16H18O2. The van der Waals surface area contributed by atoms with Crippen LogP contribution in [0.15, 0.2) is 42.5 Å². The van der Waals surface area contributed by atoms with E-state index in [1.165, 1.54) is 10.8 Å². The van der Waals surface area contributed by atoms with E-state index in [-0.39, 0.29) is 12.1 Å². The quantitative estimate of drug-likeness (QED) is 0.749. The van der Waals surface area contributed by atoms with Gasteiger partial charge in [-0.2, -0.15) is 0 Å². The first-order valence-corrected chi connectivity index (χ1v) is 6.39. The molecule has 2 aromatic rings. The lowest BCUT2D eigenvalue weighted by Gasteiger charge is -2.14. The minimum atomic E-state index is -0.186. The first kappa shape index (κ1) is 12.6. The third-order valence-electron chi connectivity index (χ3n) is 3.01. The summed E-state index contributed by atoms with van der Waals surface area (Å²) in [5.41, 5.74) is 1.04. The summed E-state index contributed by atoms with van der Waals surface area (Å²) in [4.78, 5) is 11.5. The van der Waals surface area contributed by atoms with E-state index in [9.17, 15) is 4.79 Å². The first-order valence-electron chi connectivity index (χ1n) is 6.39. The summed E-state index contributed by atoms with van der Waals surface area (Å²) in [6.07, 6.45) is 1.12. The van der Waals surface area contributed by atoms with Gasteiger partial charge in [0, 0.05) is 6.42 Å². The van der Waals surface area contributed by atoms with E-state index < -0.39 is 0 Å². The predicted molar refractivity (Wildman–Crippen MR) is 73.4 cm³/mol. The van der Waals surface area contributed by atoms with Crippen molar-refractivity contribution < 1.29 is 9.53 Å². The van der Waals surface area contributed by atoms with Crippen molar-refractivity contribution in [1.29, 1.82) is 0 Å². The number of rotatable bonds is 4. The Kier molecular flexibility index (Phi) is 3.98. The second kappa shape index (κ2) is 5.67. The van der Waals surface area contributed by atoms with Crippen LogP contribution >= 0.6 is 0 Å². The van der Waals surface area contributed by atoms with Gasteiger partial charge in [0.1, 0.15) is 6.10 Å². The zero-order chi connectivity index (χ0) is 13.0. The van der Waals surface area contributed by atoms with Gasteiger partial charge in [-0.1, -0.05) is 43.3 Å². The van der Waals surface area contributed by atoms with Crippen molar-refractivity contribution >= 4 is 16.7 Å². The Morgan fingerprint density at radius 2 is 1.89 bits per heavy atom. The van der Waals surface area contributed by atoms with Gasteiger partial charge in [0.05, 0.1) is 0 Å². The Morgan fingerprint density at radius 3 is 2.61 bits per heavy atom. The maximum absolute atomic E-state index is 11.5. The van der Waals surface area contributed by atoms with E-state index in [4.69, 9.17) is 4.74 Å².